The molecule has 0 aromatic carbocycles. The van der Waals surface area contributed by atoms with Gasteiger partial charge in [-0.3, -0.25) is 9.80 Å². The molecule has 2 fully saturated rings. The van der Waals surface area contributed by atoms with Crippen molar-refractivity contribution in [2.24, 2.45) is 0 Å². The molecule has 6 nitrogen and oxygen atoms in total. The van der Waals surface area contributed by atoms with Crippen molar-refractivity contribution >= 4 is 5.97 Å². The van der Waals surface area contributed by atoms with Gasteiger partial charge in [-0.1, -0.05) is 0 Å². The van der Waals surface area contributed by atoms with Crippen LogP contribution < -0.4 is 0 Å². The highest BCUT2D eigenvalue weighted by Crippen LogP contribution is 2.21. The minimum Gasteiger partial charge on any atom is -0.479 e. The SMILES string of the molecule is O=C(O)C1CCC(CN2CCN(CCO)CC2)O1. The lowest BCUT2D eigenvalue weighted by Gasteiger charge is -2.35. The van der Waals surface area contributed by atoms with Crippen LogP contribution in [-0.4, -0.2) is 84.1 Å². The number of nitrogens with zero attached hydrogens (tertiary/aromatic N) is 2. The van der Waals surface area contributed by atoms with Gasteiger partial charge < -0.3 is 14.9 Å². The summed E-state index contributed by atoms with van der Waals surface area (Å²) < 4.78 is 5.51. The van der Waals surface area contributed by atoms with Crippen molar-refractivity contribution in [3.05, 3.63) is 0 Å². The van der Waals surface area contributed by atoms with E-state index in [1.165, 1.54) is 0 Å². The summed E-state index contributed by atoms with van der Waals surface area (Å²) in [4.78, 5) is 15.3. The van der Waals surface area contributed by atoms with Gasteiger partial charge >= 0.3 is 5.97 Å². The van der Waals surface area contributed by atoms with Crippen molar-refractivity contribution in [2.45, 2.75) is 25.0 Å². The molecule has 104 valence electrons. The molecule has 0 radical (unpaired) electrons. The maximum Gasteiger partial charge on any atom is 0.332 e. The molecule has 0 aromatic rings. The minimum absolute atomic E-state index is 0.0653. The summed E-state index contributed by atoms with van der Waals surface area (Å²) in [6, 6.07) is 0. The van der Waals surface area contributed by atoms with Crippen molar-refractivity contribution in [3.63, 3.8) is 0 Å². The fourth-order valence-electron chi connectivity index (χ4n) is 2.65. The Balaban J connectivity index is 1.68. The fraction of sp³-hybridized carbons (Fsp3) is 0.917. The zero-order valence-electron chi connectivity index (χ0n) is 10.6. The number of aliphatic hydroxyl groups excluding tert-OH is 1. The van der Waals surface area contributed by atoms with Crippen LogP contribution >= 0.6 is 0 Å². The smallest absolute Gasteiger partial charge is 0.332 e. The molecule has 6 heteroatoms. The zero-order chi connectivity index (χ0) is 13.0. The van der Waals surface area contributed by atoms with E-state index < -0.39 is 12.1 Å². The molecule has 0 spiro atoms. The average molecular weight is 258 g/mol. The summed E-state index contributed by atoms with van der Waals surface area (Å²) >= 11 is 0. The normalized spacial score (nSPS) is 30.7. The van der Waals surface area contributed by atoms with Crippen LogP contribution in [0.2, 0.25) is 0 Å². The molecule has 0 aromatic heterocycles. The van der Waals surface area contributed by atoms with Crippen LogP contribution in [0.1, 0.15) is 12.8 Å². The number of aliphatic hydroxyl groups is 1. The lowest BCUT2D eigenvalue weighted by molar-refractivity contribution is -0.149. The number of piperazine rings is 1. The van der Waals surface area contributed by atoms with Gasteiger partial charge in [-0.15, -0.1) is 0 Å². The van der Waals surface area contributed by atoms with Gasteiger partial charge in [0.25, 0.3) is 0 Å². The van der Waals surface area contributed by atoms with E-state index in [-0.39, 0.29) is 12.7 Å². The summed E-state index contributed by atoms with van der Waals surface area (Å²) in [5.74, 6) is -0.842. The first-order chi connectivity index (χ1) is 8.69. The fourth-order valence-corrected chi connectivity index (χ4v) is 2.65. The van der Waals surface area contributed by atoms with E-state index in [2.05, 4.69) is 9.80 Å². The Hall–Kier alpha value is -0.690. The number of β-amino-alcohol motifs (C(OH)–C–C–N with tert-alkyl or cyclic N) is 1. The molecule has 0 saturated carbocycles. The molecule has 2 aliphatic rings. The highest BCUT2D eigenvalue weighted by molar-refractivity contribution is 5.72. The number of hydrogen-bond donors (Lipinski definition) is 2. The first kappa shape index (κ1) is 13.7. The van der Waals surface area contributed by atoms with Gasteiger partial charge in [-0.25, -0.2) is 4.79 Å². The molecular formula is C12H22N2O4. The molecule has 2 aliphatic heterocycles. The van der Waals surface area contributed by atoms with Crippen LogP contribution in [-0.2, 0) is 9.53 Å². The summed E-state index contributed by atoms with van der Waals surface area (Å²) in [7, 11) is 0. The van der Waals surface area contributed by atoms with E-state index >= 15 is 0 Å². The third kappa shape index (κ3) is 3.65. The largest absolute Gasteiger partial charge is 0.479 e. The standard InChI is InChI=1S/C12H22N2O4/c15-8-7-13-3-5-14(6-4-13)9-10-1-2-11(18-10)12(16)17/h10-11,15H,1-9H2,(H,16,17). The molecule has 2 N–H and O–H groups in total. The second-order valence-electron chi connectivity index (χ2n) is 5.03. The van der Waals surface area contributed by atoms with Crippen molar-refractivity contribution in [2.75, 3.05) is 45.9 Å². The number of hydrogen-bond acceptors (Lipinski definition) is 5. The van der Waals surface area contributed by atoms with E-state index in [4.69, 9.17) is 14.9 Å². The van der Waals surface area contributed by atoms with Crippen LogP contribution in [0.15, 0.2) is 0 Å². The van der Waals surface area contributed by atoms with Gasteiger partial charge in [0, 0.05) is 39.3 Å². The van der Waals surface area contributed by atoms with E-state index in [0.717, 1.165) is 45.7 Å². The molecule has 2 saturated heterocycles. The third-order valence-electron chi connectivity index (χ3n) is 3.73. The molecule has 0 amide bonds. The highest BCUT2D eigenvalue weighted by Gasteiger charge is 2.31. The minimum atomic E-state index is -0.842. The van der Waals surface area contributed by atoms with Gasteiger partial charge in [0.2, 0.25) is 0 Å². The Bertz CT molecular complexity index is 279. The maximum atomic E-state index is 10.8. The Morgan fingerprint density at radius 3 is 2.39 bits per heavy atom. The number of rotatable bonds is 5. The third-order valence-corrected chi connectivity index (χ3v) is 3.73. The van der Waals surface area contributed by atoms with Crippen LogP contribution in [0.3, 0.4) is 0 Å². The van der Waals surface area contributed by atoms with E-state index in [1.54, 1.807) is 0 Å². The van der Waals surface area contributed by atoms with E-state index in [9.17, 15) is 4.79 Å². The van der Waals surface area contributed by atoms with Gasteiger partial charge in [0.15, 0.2) is 6.10 Å². The number of carboxylic acids is 1. The molecule has 2 rings (SSSR count). The van der Waals surface area contributed by atoms with E-state index in [0.29, 0.717) is 6.42 Å². The van der Waals surface area contributed by atoms with Crippen molar-refractivity contribution < 1.29 is 19.7 Å². The van der Waals surface area contributed by atoms with Gasteiger partial charge in [-0.2, -0.15) is 0 Å². The quantitative estimate of drug-likeness (QED) is 0.674. The number of carboxylic acid groups (broad SMARTS) is 1. The Morgan fingerprint density at radius 1 is 1.17 bits per heavy atom. The molecule has 18 heavy (non-hydrogen) atoms. The molecule has 0 bridgehead atoms. The van der Waals surface area contributed by atoms with Crippen molar-refractivity contribution in [3.8, 4) is 0 Å². The monoisotopic (exact) mass is 258 g/mol. The zero-order valence-corrected chi connectivity index (χ0v) is 10.6. The lowest BCUT2D eigenvalue weighted by atomic mass is 10.2. The van der Waals surface area contributed by atoms with Gasteiger partial charge in [-0.05, 0) is 12.8 Å². The second kappa shape index (κ2) is 6.47. The second-order valence-corrected chi connectivity index (χ2v) is 5.03. The van der Waals surface area contributed by atoms with Crippen LogP contribution in [0.5, 0.6) is 0 Å². The average Bonchev–Trinajstić information content (AvgIpc) is 2.81. The predicted octanol–water partition coefficient (Wildman–Crippen LogP) is -0.771. The van der Waals surface area contributed by atoms with Gasteiger partial charge in [0.1, 0.15) is 0 Å². The van der Waals surface area contributed by atoms with Crippen LogP contribution in [0.25, 0.3) is 0 Å². The first-order valence-corrected chi connectivity index (χ1v) is 6.63. The molecular weight excluding hydrogens is 236 g/mol. The summed E-state index contributed by atoms with van der Waals surface area (Å²) in [6.07, 6.45) is 0.930. The summed E-state index contributed by atoms with van der Waals surface area (Å²) in [6.45, 7) is 5.66. The molecule has 2 unspecified atom stereocenters. The van der Waals surface area contributed by atoms with Gasteiger partial charge in [0.05, 0.1) is 12.7 Å². The topological polar surface area (TPSA) is 73.2 Å². The van der Waals surface area contributed by atoms with Crippen molar-refractivity contribution in [1.82, 2.24) is 9.80 Å². The lowest BCUT2D eigenvalue weighted by Crippen LogP contribution is -2.49. The first-order valence-electron chi connectivity index (χ1n) is 6.63. The molecule has 2 heterocycles. The van der Waals surface area contributed by atoms with Crippen LogP contribution in [0, 0.1) is 0 Å². The van der Waals surface area contributed by atoms with Crippen LogP contribution in [0.4, 0.5) is 0 Å². The van der Waals surface area contributed by atoms with E-state index in [1.807, 2.05) is 0 Å². The predicted molar refractivity (Wildman–Crippen MR) is 65.5 cm³/mol. The highest BCUT2D eigenvalue weighted by atomic mass is 16.5. The maximum absolute atomic E-state index is 10.8. The molecule has 0 aliphatic carbocycles. The Morgan fingerprint density at radius 2 is 1.83 bits per heavy atom. The number of ether oxygens (including phenoxy) is 1. The number of aliphatic carboxylic acids is 1. The van der Waals surface area contributed by atoms with Crippen molar-refractivity contribution in [1.29, 1.82) is 0 Å². The Kier molecular flexibility index (Phi) is 4.94. The molecule has 2 atom stereocenters. The Labute approximate surface area is 107 Å². The number of carbonyl (C=O) groups is 1. The summed E-state index contributed by atoms with van der Waals surface area (Å²) in [5, 5.41) is 17.7. The summed E-state index contributed by atoms with van der Waals surface area (Å²) in [5.41, 5.74) is 0.